The molecule has 1 heterocycles. The Hall–Kier alpha value is -1.71. The molecule has 108 valence electrons. The molecule has 0 saturated heterocycles. The molecule has 0 fully saturated rings. The van der Waals surface area contributed by atoms with E-state index in [1.54, 1.807) is 12.1 Å². The summed E-state index contributed by atoms with van der Waals surface area (Å²) in [6.45, 7) is 4.33. The van der Waals surface area contributed by atoms with Gasteiger partial charge >= 0.3 is 0 Å². The van der Waals surface area contributed by atoms with Crippen LogP contribution >= 0.6 is 23.2 Å². The second-order valence-corrected chi connectivity index (χ2v) is 6.12. The molecule has 1 aromatic heterocycles. The lowest BCUT2D eigenvalue weighted by Crippen LogP contribution is -2.01. The predicted molar refractivity (Wildman–Crippen MR) is 89.6 cm³/mol. The molecule has 0 atom stereocenters. The van der Waals surface area contributed by atoms with Crippen LogP contribution in [-0.2, 0) is 0 Å². The Bertz CT molecular complexity index is 804. The number of fused-ring (bicyclic) bond motifs is 1. The molecule has 0 bridgehead atoms. The Labute approximate surface area is 133 Å². The van der Waals surface area contributed by atoms with Crippen molar-refractivity contribution < 1.29 is 0 Å². The summed E-state index contributed by atoms with van der Waals surface area (Å²) in [4.78, 5) is 4.35. The van der Waals surface area contributed by atoms with Gasteiger partial charge in [-0.2, -0.15) is 0 Å². The van der Waals surface area contributed by atoms with E-state index in [2.05, 4.69) is 31.0 Å². The molecule has 0 radical (unpaired) electrons. The number of nitrogens with two attached hydrogens (primary N) is 1. The van der Waals surface area contributed by atoms with Gasteiger partial charge in [0.2, 0.25) is 5.95 Å². The highest BCUT2D eigenvalue weighted by molar-refractivity contribution is 6.42. The molecule has 3 rings (SSSR count). The fraction of sp³-hybridized carbons (Fsp3) is 0.188. The quantitative estimate of drug-likeness (QED) is 0.719. The summed E-state index contributed by atoms with van der Waals surface area (Å²) >= 11 is 12.1. The van der Waals surface area contributed by atoms with Gasteiger partial charge < -0.3 is 5.73 Å². The highest BCUT2D eigenvalue weighted by Gasteiger charge is 2.12. The lowest BCUT2D eigenvalue weighted by molar-refractivity contribution is 0.865. The van der Waals surface area contributed by atoms with E-state index in [4.69, 9.17) is 28.9 Å². The molecule has 0 unspecified atom stereocenters. The van der Waals surface area contributed by atoms with E-state index in [9.17, 15) is 0 Å². The van der Waals surface area contributed by atoms with Crippen molar-refractivity contribution >= 4 is 40.2 Å². The van der Waals surface area contributed by atoms with Crippen LogP contribution in [0.5, 0.6) is 0 Å². The van der Waals surface area contributed by atoms with Crippen molar-refractivity contribution in [3.8, 4) is 5.69 Å². The van der Waals surface area contributed by atoms with Crippen LogP contribution in [0.2, 0.25) is 10.0 Å². The summed E-state index contributed by atoms with van der Waals surface area (Å²) in [6, 6.07) is 11.8. The van der Waals surface area contributed by atoms with Gasteiger partial charge in [-0.1, -0.05) is 49.2 Å². The molecular formula is C16H15Cl2N3. The molecule has 5 heteroatoms. The molecule has 0 aliphatic carbocycles. The summed E-state index contributed by atoms with van der Waals surface area (Å²) in [6.07, 6.45) is 0. The molecular weight excluding hydrogens is 305 g/mol. The van der Waals surface area contributed by atoms with Crippen LogP contribution in [0.3, 0.4) is 0 Å². The van der Waals surface area contributed by atoms with Gasteiger partial charge in [-0.15, -0.1) is 0 Å². The monoisotopic (exact) mass is 319 g/mol. The van der Waals surface area contributed by atoms with Crippen molar-refractivity contribution in [3.63, 3.8) is 0 Å². The van der Waals surface area contributed by atoms with Gasteiger partial charge in [0.05, 0.1) is 21.1 Å². The highest BCUT2D eigenvalue weighted by Crippen LogP contribution is 2.31. The van der Waals surface area contributed by atoms with E-state index in [-0.39, 0.29) is 0 Å². The number of anilines is 1. The van der Waals surface area contributed by atoms with Gasteiger partial charge in [0.15, 0.2) is 0 Å². The average Bonchev–Trinajstić information content (AvgIpc) is 2.75. The normalized spacial score (nSPS) is 11.5. The maximum atomic E-state index is 6.11. The number of nitrogen functional groups attached to an aromatic ring is 1. The SMILES string of the molecule is CC(C)c1ccc(-n2c(N)nc3cc(Cl)c(Cl)cc32)cc1. The lowest BCUT2D eigenvalue weighted by atomic mass is 10.0. The number of rotatable bonds is 2. The van der Waals surface area contributed by atoms with E-state index in [1.807, 2.05) is 16.7 Å². The van der Waals surface area contributed by atoms with Crippen LogP contribution in [0.25, 0.3) is 16.7 Å². The molecule has 0 amide bonds. The number of halogens is 2. The highest BCUT2D eigenvalue weighted by atomic mass is 35.5. The summed E-state index contributed by atoms with van der Waals surface area (Å²) in [7, 11) is 0. The third-order valence-corrected chi connectivity index (χ3v) is 4.26. The Morgan fingerprint density at radius 2 is 1.67 bits per heavy atom. The molecule has 0 saturated carbocycles. The van der Waals surface area contributed by atoms with Crippen LogP contribution in [-0.4, -0.2) is 9.55 Å². The topological polar surface area (TPSA) is 43.8 Å². The van der Waals surface area contributed by atoms with E-state index in [0.29, 0.717) is 21.9 Å². The molecule has 0 aliphatic heterocycles. The van der Waals surface area contributed by atoms with Crippen molar-refractivity contribution in [2.75, 3.05) is 5.73 Å². The minimum Gasteiger partial charge on any atom is -0.369 e. The number of aromatic nitrogens is 2. The Balaban J connectivity index is 2.19. The Morgan fingerprint density at radius 1 is 1.05 bits per heavy atom. The number of hydrogen-bond donors (Lipinski definition) is 1. The van der Waals surface area contributed by atoms with E-state index < -0.39 is 0 Å². The second-order valence-electron chi connectivity index (χ2n) is 5.31. The standard InChI is InChI=1S/C16H15Cl2N3/c1-9(2)10-3-5-11(6-4-10)21-15-8-13(18)12(17)7-14(15)20-16(21)19/h3-9H,1-2H3,(H2,19,20). The fourth-order valence-electron chi connectivity index (χ4n) is 2.37. The van der Waals surface area contributed by atoms with E-state index in [0.717, 1.165) is 16.7 Å². The van der Waals surface area contributed by atoms with Gasteiger partial charge in [-0.3, -0.25) is 4.57 Å². The van der Waals surface area contributed by atoms with E-state index >= 15 is 0 Å². The Morgan fingerprint density at radius 3 is 2.29 bits per heavy atom. The van der Waals surface area contributed by atoms with Gasteiger partial charge in [-0.25, -0.2) is 4.98 Å². The zero-order valence-electron chi connectivity index (χ0n) is 11.8. The average molecular weight is 320 g/mol. The van der Waals surface area contributed by atoms with Gasteiger partial charge in [0.1, 0.15) is 0 Å². The van der Waals surface area contributed by atoms with Crippen LogP contribution in [0.15, 0.2) is 36.4 Å². The molecule has 21 heavy (non-hydrogen) atoms. The molecule has 2 aromatic carbocycles. The first-order valence-corrected chi connectivity index (χ1v) is 7.46. The minimum atomic E-state index is 0.417. The smallest absolute Gasteiger partial charge is 0.205 e. The van der Waals surface area contributed by atoms with Gasteiger partial charge in [0, 0.05) is 5.69 Å². The summed E-state index contributed by atoms with van der Waals surface area (Å²) in [5.74, 6) is 0.907. The first kappa shape index (κ1) is 14.2. The van der Waals surface area contributed by atoms with Crippen molar-refractivity contribution in [1.29, 1.82) is 0 Å². The third kappa shape index (κ3) is 2.47. The maximum Gasteiger partial charge on any atom is 0.205 e. The summed E-state index contributed by atoms with van der Waals surface area (Å²) in [5, 5.41) is 0.966. The summed E-state index contributed by atoms with van der Waals surface area (Å²) < 4.78 is 1.88. The lowest BCUT2D eigenvalue weighted by Gasteiger charge is -2.10. The van der Waals surface area contributed by atoms with Gasteiger partial charge in [-0.05, 0) is 35.7 Å². The number of nitrogens with zero attached hydrogens (tertiary/aromatic N) is 2. The first-order valence-electron chi connectivity index (χ1n) is 6.70. The predicted octanol–water partition coefficient (Wildman–Crippen LogP) is 5.04. The molecule has 3 aromatic rings. The van der Waals surface area contributed by atoms with Crippen molar-refractivity contribution in [1.82, 2.24) is 9.55 Å². The van der Waals surface area contributed by atoms with Crippen molar-refractivity contribution in [3.05, 3.63) is 52.0 Å². The third-order valence-electron chi connectivity index (χ3n) is 3.54. The largest absolute Gasteiger partial charge is 0.369 e. The zero-order chi connectivity index (χ0) is 15.1. The number of benzene rings is 2. The van der Waals surface area contributed by atoms with Crippen molar-refractivity contribution in [2.24, 2.45) is 0 Å². The van der Waals surface area contributed by atoms with Gasteiger partial charge in [0.25, 0.3) is 0 Å². The van der Waals surface area contributed by atoms with Crippen LogP contribution in [0.4, 0.5) is 5.95 Å². The van der Waals surface area contributed by atoms with Crippen LogP contribution in [0.1, 0.15) is 25.3 Å². The minimum absolute atomic E-state index is 0.417. The number of imidazole rings is 1. The van der Waals surface area contributed by atoms with Crippen molar-refractivity contribution in [2.45, 2.75) is 19.8 Å². The second kappa shape index (κ2) is 5.24. The molecule has 0 spiro atoms. The Kier molecular flexibility index (Phi) is 3.56. The molecule has 3 nitrogen and oxygen atoms in total. The first-order chi connectivity index (χ1) is 9.97. The van der Waals surface area contributed by atoms with E-state index in [1.165, 1.54) is 5.56 Å². The fourth-order valence-corrected chi connectivity index (χ4v) is 2.69. The molecule has 0 aliphatic rings. The number of hydrogen-bond acceptors (Lipinski definition) is 2. The maximum absolute atomic E-state index is 6.11. The van der Waals surface area contributed by atoms with Crippen LogP contribution < -0.4 is 5.73 Å². The van der Waals surface area contributed by atoms with Crippen LogP contribution in [0, 0.1) is 0 Å². The molecule has 2 N–H and O–H groups in total. The summed E-state index contributed by atoms with van der Waals surface area (Å²) in [5.41, 5.74) is 9.86. The zero-order valence-corrected chi connectivity index (χ0v) is 13.3.